The van der Waals surface area contributed by atoms with Gasteiger partial charge in [0.15, 0.2) is 0 Å². The number of allylic oxidation sites excluding steroid dienone is 1. The molecule has 0 aromatic heterocycles. The van der Waals surface area contributed by atoms with Gasteiger partial charge in [0.25, 0.3) is 0 Å². The normalized spacial score (nSPS) is 11.6. The Morgan fingerprint density at radius 1 is 0.900 bits per heavy atom. The molecule has 0 fully saturated rings. The van der Waals surface area contributed by atoms with Gasteiger partial charge in [0.2, 0.25) is 0 Å². The van der Waals surface area contributed by atoms with Gasteiger partial charge >= 0.3 is 134 Å². The van der Waals surface area contributed by atoms with Gasteiger partial charge < -0.3 is 0 Å². The molecule has 0 saturated carbocycles. The summed E-state index contributed by atoms with van der Waals surface area (Å²) in [4.78, 5) is 2.41. The zero-order valence-electron chi connectivity index (χ0n) is 11.2. The fourth-order valence-corrected chi connectivity index (χ4v) is 6.05. The van der Waals surface area contributed by atoms with Crippen LogP contribution in [0.25, 0.3) is 0 Å². The molecule has 3 heteroatoms. The molecule has 2 aromatic carbocycles. The monoisotopic (exact) mass is 398 g/mol. The molecule has 1 nitrogen and oxygen atoms in total. The van der Waals surface area contributed by atoms with Crippen LogP contribution in [0, 0.1) is 0 Å². The molecule has 0 spiro atoms. The van der Waals surface area contributed by atoms with Crippen molar-refractivity contribution in [1.29, 1.82) is 0 Å². The van der Waals surface area contributed by atoms with E-state index in [1.807, 2.05) is 0 Å². The Bertz CT molecular complexity index is 523. The summed E-state index contributed by atoms with van der Waals surface area (Å²) in [5, 5.41) is 9.05. The summed E-state index contributed by atoms with van der Waals surface area (Å²) in [6.07, 6.45) is 1.88. The molecule has 0 aliphatic heterocycles. The number of aliphatic hydroxyl groups excluding tert-OH is 1. The van der Waals surface area contributed by atoms with Crippen LogP contribution in [0.3, 0.4) is 0 Å². The van der Waals surface area contributed by atoms with Gasteiger partial charge in [-0.3, -0.25) is 0 Å². The third-order valence-electron chi connectivity index (χ3n) is 2.64. The van der Waals surface area contributed by atoms with Crippen molar-refractivity contribution in [3.8, 4) is 0 Å². The SMILES string of the molecule is OCCC/C(=C/[Se]c1ccccc1)[Se]c1ccccc1. The minimum atomic E-state index is 0.278. The molecule has 0 aliphatic carbocycles. The molecule has 0 amide bonds. The van der Waals surface area contributed by atoms with Crippen LogP contribution >= 0.6 is 0 Å². The molecule has 0 atom stereocenters. The van der Waals surface area contributed by atoms with Gasteiger partial charge in [-0.25, -0.2) is 0 Å². The maximum atomic E-state index is 9.05. The summed E-state index contributed by atoms with van der Waals surface area (Å²) >= 11 is 0.773. The topological polar surface area (TPSA) is 20.2 Å². The summed E-state index contributed by atoms with van der Waals surface area (Å²) < 4.78 is 4.32. The van der Waals surface area contributed by atoms with E-state index in [-0.39, 0.29) is 6.61 Å². The summed E-state index contributed by atoms with van der Waals surface area (Å²) in [7, 11) is 0. The van der Waals surface area contributed by atoms with Gasteiger partial charge in [0.1, 0.15) is 0 Å². The quantitative estimate of drug-likeness (QED) is 0.706. The van der Waals surface area contributed by atoms with Crippen molar-refractivity contribution in [2.24, 2.45) is 0 Å². The summed E-state index contributed by atoms with van der Waals surface area (Å²) in [6.45, 7) is 0.278. The average Bonchev–Trinajstić information content (AvgIpc) is 2.52. The Morgan fingerprint density at radius 3 is 2.10 bits per heavy atom. The first-order chi connectivity index (χ1) is 9.88. The molecule has 0 bridgehead atoms. The van der Waals surface area contributed by atoms with Crippen LogP contribution in [0.5, 0.6) is 0 Å². The minimum absolute atomic E-state index is 0.278. The second kappa shape index (κ2) is 9.18. The zero-order valence-corrected chi connectivity index (χ0v) is 14.7. The van der Waals surface area contributed by atoms with Crippen molar-refractivity contribution >= 4 is 38.8 Å². The molecule has 2 rings (SSSR count). The zero-order chi connectivity index (χ0) is 14.0. The van der Waals surface area contributed by atoms with Crippen LogP contribution in [-0.4, -0.2) is 41.6 Å². The third kappa shape index (κ3) is 5.66. The Morgan fingerprint density at radius 2 is 1.50 bits per heavy atom. The number of hydrogen-bond donors (Lipinski definition) is 1. The standard InChI is InChI=1S/C17H18OSe2/c18-13-7-12-17(20-16-10-5-2-6-11-16)14-19-15-8-3-1-4-9-15/h1-6,8-11,14,18H,7,12-13H2/b17-14-. The van der Waals surface area contributed by atoms with Crippen molar-refractivity contribution in [3.05, 3.63) is 70.1 Å². The van der Waals surface area contributed by atoms with E-state index in [9.17, 15) is 0 Å². The maximum absolute atomic E-state index is 9.05. The van der Waals surface area contributed by atoms with Gasteiger partial charge in [-0.05, 0) is 0 Å². The number of hydrogen-bond acceptors (Lipinski definition) is 1. The molecule has 0 saturated heterocycles. The fraction of sp³-hybridized carbons (Fsp3) is 0.176. The van der Waals surface area contributed by atoms with E-state index in [4.69, 9.17) is 5.11 Å². The number of aliphatic hydroxyl groups is 1. The Balaban J connectivity index is 2.02. The van der Waals surface area contributed by atoms with Crippen LogP contribution in [0.1, 0.15) is 12.8 Å². The van der Waals surface area contributed by atoms with Crippen LogP contribution in [0.15, 0.2) is 70.1 Å². The van der Waals surface area contributed by atoms with Crippen molar-refractivity contribution < 1.29 is 5.11 Å². The fourth-order valence-electron chi connectivity index (χ4n) is 1.66. The number of benzene rings is 2. The first kappa shape index (κ1) is 15.6. The van der Waals surface area contributed by atoms with E-state index in [0.29, 0.717) is 29.9 Å². The van der Waals surface area contributed by atoms with Crippen molar-refractivity contribution in [1.82, 2.24) is 0 Å². The second-order valence-corrected chi connectivity index (χ2v) is 8.75. The molecule has 0 heterocycles. The van der Waals surface area contributed by atoms with Crippen LogP contribution in [0.2, 0.25) is 0 Å². The summed E-state index contributed by atoms with van der Waals surface area (Å²) in [5.74, 6) is 0. The van der Waals surface area contributed by atoms with E-state index in [0.717, 1.165) is 12.8 Å². The van der Waals surface area contributed by atoms with Crippen molar-refractivity contribution in [2.75, 3.05) is 6.61 Å². The van der Waals surface area contributed by atoms with Crippen LogP contribution in [-0.2, 0) is 0 Å². The first-order valence-corrected chi connectivity index (χ1v) is 10.2. The van der Waals surface area contributed by atoms with Gasteiger partial charge in [0.05, 0.1) is 0 Å². The van der Waals surface area contributed by atoms with Crippen LogP contribution < -0.4 is 8.92 Å². The molecular weight excluding hydrogens is 378 g/mol. The van der Waals surface area contributed by atoms with Crippen molar-refractivity contribution in [3.63, 3.8) is 0 Å². The van der Waals surface area contributed by atoms with Gasteiger partial charge in [0, 0.05) is 0 Å². The van der Waals surface area contributed by atoms with Gasteiger partial charge in [-0.15, -0.1) is 0 Å². The molecule has 0 radical (unpaired) electrons. The van der Waals surface area contributed by atoms with Gasteiger partial charge in [-0.2, -0.15) is 0 Å². The number of rotatable bonds is 7. The first-order valence-electron chi connectivity index (χ1n) is 6.63. The third-order valence-corrected chi connectivity index (χ3v) is 7.68. The summed E-state index contributed by atoms with van der Waals surface area (Å²) in [6, 6.07) is 21.3. The average molecular weight is 396 g/mol. The molecule has 2 aromatic rings. The molecule has 0 aliphatic rings. The van der Waals surface area contributed by atoms with E-state index in [1.54, 1.807) is 0 Å². The molecular formula is C17H18OSe2. The van der Waals surface area contributed by atoms with Gasteiger partial charge in [-0.1, -0.05) is 0 Å². The second-order valence-electron chi connectivity index (χ2n) is 4.26. The van der Waals surface area contributed by atoms with E-state index in [2.05, 4.69) is 65.6 Å². The summed E-state index contributed by atoms with van der Waals surface area (Å²) in [5.41, 5.74) is 0. The molecule has 104 valence electrons. The Hall–Kier alpha value is -0.821. The Kier molecular flexibility index (Phi) is 7.14. The van der Waals surface area contributed by atoms with Crippen LogP contribution in [0.4, 0.5) is 0 Å². The predicted octanol–water partition coefficient (Wildman–Crippen LogP) is 1.66. The molecule has 0 unspecified atom stereocenters. The predicted molar refractivity (Wildman–Crippen MR) is 88.1 cm³/mol. The van der Waals surface area contributed by atoms with Crippen molar-refractivity contribution in [2.45, 2.75) is 12.8 Å². The molecule has 1 N–H and O–H groups in total. The van der Waals surface area contributed by atoms with E-state index >= 15 is 0 Å². The Labute approximate surface area is 133 Å². The van der Waals surface area contributed by atoms with E-state index < -0.39 is 0 Å². The molecule has 20 heavy (non-hydrogen) atoms. The van der Waals surface area contributed by atoms with E-state index in [1.165, 1.54) is 13.4 Å².